The average Bonchev–Trinajstić information content (AvgIpc) is 2.54. The zero-order chi connectivity index (χ0) is 17.2. The molecule has 0 bridgehead atoms. The van der Waals surface area contributed by atoms with E-state index in [0.29, 0.717) is 38.5 Å². The minimum Gasteiger partial charge on any atom is -0.481 e. The van der Waals surface area contributed by atoms with Gasteiger partial charge in [0.05, 0.1) is 12.5 Å². The maximum Gasteiger partial charge on any atom is 0.305 e. The first-order chi connectivity index (χ1) is 11.0. The third kappa shape index (κ3) is 6.55. The second kappa shape index (κ2) is 9.67. The number of amides is 2. The number of carboxylic acids is 1. The lowest BCUT2D eigenvalue weighted by atomic mass is 10.1. The predicted molar refractivity (Wildman–Crippen MR) is 78.0 cm³/mol. The molecule has 9 heteroatoms. The maximum atomic E-state index is 12.1. The van der Waals surface area contributed by atoms with Gasteiger partial charge >= 0.3 is 5.97 Å². The molecule has 0 aromatic rings. The van der Waals surface area contributed by atoms with Gasteiger partial charge in [0.1, 0.15) is 18.6 Å². The number of carbonyl (C=O) groups is 5. The lowest BCUT2D eigenvalue weighted by Crippen LogP contribution is -2.58. The Morgan fingerprint density at radius 2 is 2.09 bits per heavy atom. The molecule has 0 unspecified atom stereocenters. The summed E-state index contributed by atoms with van der Waals surface area (Å²) in [4.78, 5) is 55.6. The van der Waals surface area contributed by atoms with Gasteiger partial charge in [0.25, 0.3) is 0 Å². The minimum atomic E-state index is -1.19. The van der Waals surface area contributed by atoms with Gasteiger partial charge in [-0.15, -0.1) is 0 Å². The van der Waals surface area contributed by atoms with Crippen molar-refractivity contribution in [1.82, 2.24) is 15.8 Å². The van der Waals surface area contributed by atoms with Gasteiger partial charge < -0.3 is 20.0 Å². The van der Waals surface area contributed by atoms with Gasteiger partial charge in [0.15, 0.2) is 0 Å². The molecule has 0 aromatic heterocycles. The van der Waals surface area contributed by atoms with Crippen LogP contribution in [0.15, 0.2) is 0 Å². The van der Waals surface area contributed by atoms with Crippen LogP contribution in [-0.4, -0.2) is 59.1 Å². The molecule has 1 saturated heterocycles. The van der Waals surface area contributed by atoms with Gasteiger partial charge in [0.2, 0.25) is 11.8 Å². The average molecular weight is 327 g/mol. The van der Waals surface area contributed by atoms with Crippen LogP contribution in [0.3, 0.4) is 0 Å². The Labute approximate surface area is 133 Å². The largest absolute Gasteiger partial charge is 0.481 e. The summed E-state index contributed by atoms with van der Waals surface area (Å²) in [6.07, 6.45) is 2.67. The van der Waals surface area contributed by atoms with Crippen molar-refractivity contribution in [2.45, 2.75) is 50.6 Å². The van der Waals surface area contributed by atoms with E-state index in [4.69, 9.17) is 5.11 Å². The third-order valence-electron chi connectivity index (χ3n) is 3.40. The van der Waals surface area contributed by atoms with Crippen molar-refractivity contribution < 1.29 is 29.1 Å². The Bertz CT molecular complexity index is 467. The van der Waals surface area contributed by atoms with Crippen LogP contribution in [0.4, 0.5) is 0 Å². The topological polar surface area (TPSA) is 133 Å². The zero-order valence-corrected chi connectivity index (χ0v) is 12.7. The molecular weight excluding hydrogens is 306 g/mol. The van der Waals surface area contributed by atoms with E-state index >= 15 is 0 Å². The van der Waals surface area contributed by atoms with Crippen molar-refractivity contribution >= 4 is 30.4 Å². The lowest BCUT2D eigenvalue weighted by molar-refractivity contribution is -0.140. The highest BCUT2D eigenvalue weighted by Crippen LogP contribution is 2.10. The van der Waals surface area contributed by atoms with Gasteiger partial charge in [-0.25, -0.2) is 5.43 Å². The molecule has 0 radical (unpaired) electrons. The smallest absolute Gasteiger partial charge is 0.305 e. The van der Waals surface area contributed by atoms with Crippen LogP contribution in [0.5, 0.6) is 0 Å². The van der Waals surface area contributed by atoms with E-state index in [2.05, 4.69) is 10.7 Å². The van der Waals surface area contributed by atoms with Crippen LogP contribution in [0, 0.1) is 0 Å². The molecule has 3 N–H and O–H groups in total. The molecule has 1 rings (SSSR count). The fourth-order valence-electron chi connectivity index (χ4n) is 2.23. The highest BCUT2D eigenvalue weighted by atomic mass is 16.4. The van der Waals surface area contributed by atoms with E-state index in [9.17, 15) is 24.0 Å². The molecule has 0 aromatic carbocycles. The summed E-state index contributed by atoms with van der Waals surface area (Å²) >= 11 is 0. The number of unbranched alkanes of at least 4 members (excludes halogenated alkanes) is 1. The Morgan fingerprint density at radius 3 is 2.70 bits per heavy atom. The van der Waals surface area contributed by atoms with E-state index in [1.165, 1.54) is 5.01 Å². The van der Waals surface area contributed by atoms with E-state index in [1.54, 1.807) is 0 Å². The van der Waals surface area contributed by atoms with Gasteiger partial charge in [0, 0.05) is 19.4 Å². The number of hydrogen-bond acceptors (Lipinski definition) is 6. The Balaban J connectivity index is 2.51. The number of aldehydes is 2. The standard InChI is InChI=1S/C14H21N3O6/c18-7-2-1-5-12(20)17-6-3-4-11(16-17)14(23)15-10(9-19)8-13(21)22/h7,9-11,16H,1-6,8H2,(H,15,23)(H,21,22)/t10-,11-/m0/s1. The van der Waals surface area contributed by atoms with Crippen molar-refractivity contribution in [1.29, 1.82) is 0 Å². The first-order valence-corrected chi connectivity index (χ1v) is 7.45. The summed E-state index contributed by atoms with van der Waals surface area (Å²) in [5, 5.41) is 12.3. The molecule has 0 saturated carbocycles. The summed E-state index contributed by atoms with van der Waals surface area (Å²) in [5.41, 5.74) is 2.78. The number of hydrogen-bond donors (Lipinski definition) is 3. The predicted octanol–water partition coefficient (Wildman–Crippen LogP) is -0.990. The molecule has 1 aliphatic rings. The van der Waals surface area contributed by atoms with Crippen molar-refractivity contribution in [3.63, 3.8) is 0 Å². The zero-order valence-electron chi connectivity index (χ0n) is 12.7. The highest BCUT2D eigenvalue weighted by Gasteiger charge is 2.29. The fraction of sp³-hybridized carbons (Fsp3) is 0.643. The molecule has 9 nitrogen and oxygen atoms in total. The molecule has 1 aliphatic heterocycles. The summed E-state index contributed by atoms with van der Waals surface area (Å²) in [6, 6.07) is -1.80. The molecule has 2 amide bonds. The second-order valence-electron chi connectivity index (χ2n) is 5.28. The summed E-state index contributed by atoms with van der Waals surface area (Å²) in [7, 11) is 0. The van der Waals surface area contributed by atoms with Crippen molar-refractivity contribution in [3.05, 3.63) is 0 Å². The first-order valence-electron chi connectivity index (χ1n) is 7.45. The van der Waals surface area contributed by atoms with Crippen molar-refractivity contribution in [2.24, 2.45) is 0 Å². The number of carboxylic acid groups (broad SMARTS) is 1. The van der Waals surface area contributed by atoms with Crippen LogP contribution in [0.1, 0.15) is 38.5 Å². The van der Waals surface area contributed by atoms with Gasteiger partial charge in [-0.3, -0.25) is 19.4 Å². The summed E-state index contributed by atoms with van der Waals surface area (Å²) in [6.45, 7) is 0.454. The monoisotopic (exact) mass is 327 g/mol. The number of hydrazine groups is 1. The van der Waals surface area contributed by atoms with Gasteiger partial charge in [-0.05, 0) is 19.3 Å². The van der Waals surface area contributed by atoms with E-state index < -0.39 is 30.4 Å². The second-order valence-corrected chi connectivity index (χ2v) is 5.28. The fourth-order valence-corrected chi connectivity index (χ4v) is 2.23. The molecular formula is C14H21N3O6. The van der Waals surface area contributed by atoms with Crippen molar-refractivity contribution in [3.8, 4) is 0 Å². The Kier molecular flexibility index (Phi) is 7.89. The molecule has 0 spiro atoms. The summed E-state index contributed by atoms with van der Waals surface area (Å²) in [5.74, 6) is -1.92. The highest BCUT2D eigenvalue weighted by molar-refractivity contribution is 5.86. The number of nitrogens with zero attached hydrogens (tertiary/aromatic N) is 1. The minimum absolute atomic E-state index is 0.204. The number of aliphatic carboxylic acids is 1. The molecule has 0 aliphatic carbocycles. The molecule has 2 atom stereocenters. The normalized spacial score (nSPS) is 18.8. The molecule has 1 fully saturated rings. The van der Waals surface area contributed by atoms with Crippen LogP contribution >= 0.6 is 0 Å². The molecule has 128 valence electrons. The van der Waals surface area contributed by atoms with Crippen LogP contribution in [-0.2, 0) is 24.0 Å². The van der Waals surface area contributed by atoms with Crippen molar-refractivity contribution in [2.75, 3.05) is 6.54 Å². The molecule has 23 heavy (non-hydrogen) atoms. The van der Waals surface area contributed by atoms with E-state index in [1.807, 2.05) is 0 Å². The van der Waals surface area contributed by atoms with Crippen LogP contribution < -0.4 is 10.7 Å². The van der Waals surface area contributed by atoms with Crippen LogP contribution in [0.25, 0.3) is 0 Å². The number of carbonyl (C=O) groups excluding carboxylic acids is 4. The Hall–Kier alpha value is -2.29. The molecule has 1 heterocycles. The number of nitrogens with one attached hydrogen (secondary N) is 2. The number of rotatable bonds is 9. The van der Waals surface area contributed by atoms with Gasteiger partial charge in [-0.1, -0.05) is 0 Å². The third-order valence-corrected chi connectivity index (χ3v) is 3.40. The SMILES string of the molecule is O=CCCCC(=O)N1CCC[C@@H](C(=O)N[C@H](C=O)CC(=O)O)N1. The van der Waals surface area contributed by atoms with Crippen LogP contribution in [0.2, 0.25) is 0 Å². The van der Waals surface area contributed by atoms with E-state index in [-0.39, 0.29) is 12.3 Å². The Morgan fingerprint density at radius 1 is 1.35 bits per heavy atom. The first kappa shape index (κ1) is 18.8. The maximum absolute atomic E-state index is 12.1. The summed E-state index contributed by atoms with van der Waals surface area (Å²) < 4.78 is 0. The quantitative estimate of drug-likeness (QED) is 0.366. The van der Waals surface area contributed by atoms with E-state index in [0.717, 1.165) is 6.29 Å². The van der Waals surface area contributed by atoms with Gasteiger partial charge in [-0.2, -0.15) is 0 Å². The lowest BCUT2D eigenvalue weighted by Gasteiger charge is -2.33.